The van der Waals surface area contributed by atoms with Crippen molar-refractivity contribution in [3.63, 3.8) is 0 Å². The molecule has 21 heavy (non-hydrogen) atoms. The molecule has 0 radical (unpaired) electrons. The van der Waals surface area contributed by atoms with Crippen molar-refractivity contribution in [2.45, 2.75) is 12.6 Å². The highest BCUT2D eigenvalue weighted by Gasteiger charge is 2.30. The summed E-state index contributed by atoms with van der Waals surface area (Å²) in [5.41, 5.74) is -0.711. The van der Waals surface area contributed by atoms with Crippen LogP contribution in [0.25, 0.3) is 0 Å². The topological polar surface area (TPSA) is 50.4 Å². The van der Waals surface area contributed by atoms with Crippen LogP contribution in [-0.2, 0) is 11.0 Å². The van der Waals surface area contributed by atoms with Gasteiger partial charge in [-0.2, -0.15) is 13.2 Å². The third-order valence-electron chi connectivity index (χ3n) is 3.28. The van der Waals surface area contributed by atoms with Gasteiger partial charge >= 0.3 is 6.18 Å². The first-order chi connectivity index (χ1) is 9.97. The number of hydrogen-bond donors (Lipinski definition) is 2. The average Bonchev–Trinajstić information content (AvgIpc) is 2.97. The summed E-state index contributed by atoms with van der Waals surface area (Å²) in [6.07, 6.45) is -3.52. The van der Waals surface area contributed by atoms with Gasteiger partial charge in [0.1, 0.15) is 12.4 Å². The van der Waals surface area contributed by atoms with E-state index in [1.165, 1.54) is 12.1 Å². The number of amides is 1. The predicted octanol–water partition coefficient (Wildman–Crippen LogP) is 1.81. The maximum atomic E-state index is 12.4. The number of alkyl halides is 3. The Balaban J connectivity index is 1.70. The molecule has 116 valence electrons. The molecule has 1 unspecified atom stereocenters. The number of benzene rings is 1. The highest BCUT2D eigenvalue weighted by molar-refractivity contribution is 5.79. The van der Waals surface area contributed by atoms with Crippen LogP contribution in [0, 0.1) is 5.92 Å². The van der Waals surface area contributed by atoms with Crippen molar-refractivity contribution in [3.8, 4) is 5.75 Å². The first-order valence-corrected chi connectivity index (χ1v) is 6.75. The van der Waals surface area contributed by atoms with Crippen molar-refractivity contribution in [1.82, 2.24) is 10.6 Å². The Hall–Kier alpha value is -1.76. The van der Waals surface area contributed by atoms with Gasteiger partial charge in [0.05, 0.1) is 18.0 Å². The van der Waals surface area contributed by atoms with Crippen molar-refractivity contribution < 1.29 is 22.7 Å². The van der Waals surface area contributed by atoms with E-state index < -0.39 is 11.7 Å². The summed E-state index contributed by atoms with van der Waals surface area (Å²) < 4.78 is 42.4. The van der Waals surface area contributed by atoms with E-state index in [1.807, 2.05) is 0 Å². The second kappa shape index (κ2) is 6.80. The van der Waals surface area contributed by atoms with Crippen LogP contribution in [-0.4, -0.2) is 32.1 Å². The maximum Gasteiger partial charge on any atom is 0.416 e. The second-order valence-electron chi connectivity index (χ2n) is 4.85. The molecule has 0 bridgehead atoms. The van der Waals surface area contributed by atoms with E-state index in [1.54, 1.807) is 0 Å². The van der Waals surface area contributed by atoms with Crippen LogP contribution in [0.15, 0.2) is 24.3 Å². The molecule has 1 fully saturated rings. The van der Waals surface area contributed by atoms with E-state index in [-0.39, 0.29) is 18.4 Å². The zero-order valence-corrected chi connectivity index (χ0v) is 11.4. The molecule has 2 rings (SSSR count). The fraction of sp³-hybridized carbons (Fsp3) is 0.500. The van der Waals surface area contributed by atoms with Gasteiger partial charge < -0.3 is 15.4 Å². The molecular formula is C14H17F3N2O2. The van der Waals surface area contributed by atoms with E-state index in [2.05, 4.69) is 10.6 Å². The molecule has 0 aromatic heterocycles. The summed E-state index contributed by atoms with van der Waals surface area (Å²) >= 11 is 0. The van der Waals surface area contributed by atoms with E-state index in [9.17, 15) is 18.0 Å². The molecular weight excluding hydrogens is 285 g/mol. The molecule has 1 aliphatic rings. The second-order valence-corrected chi connectivity index (χ2v) is 4.85. The minimum absolute atomic E-state index is 0.00364. The number of halogens is 3. The number of ether oxygens (including phenoxy) is 1. The van der Waals surface area contributed by atoms with Crippen molar-refractivity contribution in [2.75, 3.05) is 26.2 Å². The summed E-state index contributed by atoms with van der Waals surface area (Å²) in [5, 5.41) is 5.85. The molecule has 7 heteroatoms. The Morgan fingerprint density at radius 2 is 2.05 bits per heavy atom. The van der Waals surface area contributed by atoms with Gasteiger partial charge in [-0.1, -0.05) is 0 Å². The summed E-state index contributed by atoms with van der Waals surface area (Å²) in [4.78, 5) is 11.7. The van der Waals surface area contributed by atoms with Crippen LogP contribution in [0.3, 0.4) is 0 Å². The fourth-order valence-electron chi connectivity index (χ4n) is 2.11. The monoisotopic (exact) mass is 302 g/mol. The lowest BCUT2D eigenvalue weighted by molar-refractivity contribution is -0.137. The molecule has 1 atom stereocenters. The first-order valence-electron chi connectivity index (χ1n) is 6.75. The average molecular weight is 302 g/mol. The zero-order chi connectivity index (χ0) is 15.3. The van der Waals surface area contributed by atoms with Crippen LogP contribution >= 0.6 is 0 Å². The standard InChI is InChI=1S/C14H17F3N2O2/c15-14(16,17)11-1-3-12(4-2-11)21-8-7-19-13(20)10-5-6-18-9-10/h1-4,10,18H,5-9H2,(H,19,20). The highest BCUT2D eigenvalue weighted by Crippen LogP contribution is 2.30. The molecule has 0 aliphatic carbocycles. The number of nitrogens with one attached hydrogen (secondary N) is 2. The van der Waals surface area contributed by atoms with Gasteiger partial charge in [-0.15, -0.1) is 0 Å². The Kier molecular flexibility index (Phi) is 5.06. The van der Waals surface area contributed by atoms with Gasteiger partial charge in [-0.3, -0.25) is 4.79 Å². The molecule has 1 heterocycles. The zero-order valence-electron chi connectivity index (χ0n) is 11.4. The van der Waals surface area contributed by atoms with Crippen molar-refractivity contribution >= 4 is 5.91 Å². The van der Waals surface area contributed by atoms with Gasteiger partial charge in [-0.25, -0.2) is 0 Å². The van der Waals surface area contributed by atoms with Crippen LogP contribution in [0.1, 0.15) is 12.0 Å². The lowest BCUT2D eigenvalue weighted by Gasteiger charge is -2.11. The normalized spacial score (nSPS) is 18.5. The molecule has 0 saturated carbocycles. The van der Waals surface area contributed by atoms with Gasteiger partial charge in [0.25, 0.3) is 0 Å². The molecule has 1 aromatic carbocycles. The Morgan fingerprint density at radius 3 is 2.62 bits per heavy atom. The summed E-state index contributed by atoms with van der Waals surface area (Å²) in [7, 11) is 0. The van der Waals surface area contributed by atoms with Crippen LogP contribution in [0.2, 0.25) is 0 Å². The number of carbonyl (C=O) groups excluding carboxylic acids is 1. The Labute approximate surface area is 120 Å². The van der Waals surface area contributed by atoms with Gasteiger partial charge in [0, 0.05) is 6.54 Å². The van der Waals surface area contributed by atoms with Crippen LogP contribution in [0.5, 0.6) is 5.75 Å². The Morgan fingerprint density at radius 1 is 1.33 bits per heavy atom. The van der Waals surface area contributed by atoms with Gasteiger partial charge in [-0.05, 0) is 37.2 Å². The summed E-state index contributed by atoms with van der Waals surface area (Å²) in [6.45, 7) is 2.08. The molecule has 1 amide bonds. The van der Waals surface area contributed by atoms with E-state index in [0.29, 0.717) is 18.8 Å². The predicted molar refractivity (Wildman–Crippen MR) is 70.9 cm³/mol. The minimum Gasteiger partial charge on any atom is -0.492 e. The van der Waals surface area contributed by atoms with Crippen molar-refractivity contribution in [1.29, 1.82) is 0 Å². The smallest absolute Gasteiger partial charge is 0.416 e. The molecule has 0 spiro atoms. The largest absolute Gasteiger partial charge is 0.492 e. The quantitative estimate of drug-likeness (QED) is 0.816. The number of carbonyl (C=O) groups is 1. The molecule has 4 nitrogen and oxygen atoms in total. The van der Waals surface area contributed by atoms with E-state index >= 15 is 0 Å². The van der Waals surface area contributed by atoms with Crippen molar-refractivity contribution in [3.05, 3.63) is 29.8 Å². The third-order valence-corrected chi connectivity index (χ3v) is 3.28. The van der Waals surface area contributed by atoms with Gasteiger partial charge in [0.2, 0.25) is 5.91 Å². The number of hydrogen-bond acceptors (Lipinski definition) is 3. The summed E-state index contributed by atoms with van der Waals surface area (Å²) in [5.74, 6) is 0.326. The van der Waals surface area contributed by atoms with Crippen molar-refractivity contribution in [2.24, 2.45) is 5.92 Å². The maximum absolute atomic E-state index is 12.4. The number of rotatable bonds is 5. The minimum atomic E-state index is -4.35. The summed E-state index contributed by atoms with van der Waals surface area (Å²) in [6, 6.07) is 4.48. The van der Waals surface area contributed by atoms with E-state index in [4.69, 9.17) is 4.74 Å². The van der Waals surface area contributed by atoms with Gasteiger partial charge in [0.15, 0.2) is 0 Å². The highest BCUT2D eigenvalue weighted by atomic mass is 19.4. The molecule has 2 N–H and O–H groups in total. The van der Waals surface area contributed by atoms with E-state index in [0.717, 1.165) is 25.1 Å². The van der Waals surface area contributed by atoms with Crippen LogP contribution in [0.4, 0.5) is 13.2 Å². The lowest BCUT2D eigenvalue weighted by atomic mass is 10.1. The van der Waals surface area contributed by atoms with Crippen LogP contribution < -0.4 is 15.4 Å². The SMILES string of the molecule is O=C(NCCOc1ccc(C(F)(F)F)cc1)C1CCNC1. The molecule has 1 aliphatic heterocycles. The molecule has 1 saturated heterocycles. The molecule has 1 aromatic rings. The fourth-order valence-corrected chi connectivity index (χ4v) is 2.11. The first kappa shape index (κ1) is 15.6. The Bertz CT molecular complexity index is 468. The lowest BCUT2D eigenvalue weighted by Crippen LogP contribution is -2.34. The third kappa shape index (κ3) is 4.63.